The molecule has 1 aromatic heterocycles. The number of aromatic nitrogens is 1. The van der Waals surface area contributed by atoms with Crippen molar-refractivity contribution in [3.63, 3.8) is 0 Å². The number of hydrogen-bond acceptors (Lipinski definition) is 2. The number of halogens is 2. The normalized spacial score (nSPS) is 11.2. The number of nitrogens with one attached hydrogen (secondary N) is 1. The van der Waals surface area contributed by atoms with E-state index in [1.807, 2.05) is 62.4 Å². The number of carbonyl (C=O) groups is 2. The van der Waals surface area contributed by atoms with Crippen LogP contribution in [0.4, 0.5) is 13.6 Å². The average molecular weight is 506 g/mol. The van der Waals surface area contributed by atoms with Crippen molar-refractivity contribution in [2.24, 2.45) is 0 Å². The summed E-state index contributed by atoms with van der Waals surface area (Å²) in [5.41, 5.74) is 4.48. The number of hydrogen-bond donors (Lipinski definition) is 2. The first-order chi connectivity index (χ1) is 17.7. The molecule has 192 valence electrons. The summed E-state index contributed by atoms with van der Waals surface area (Å²) in [6, 6.07) is 19.0. The average Bonchev–Trinajstić information content (AvgIpc) is 3.18. The molecule has 0 atom stereocenters. The molecule has 0 aliphatic carbocycles. The van der Waals surface area contributed by atoms with Gasteiger partial charge in [-0.2, -0.15) is 0 Å². The molecular formula is C29H29F2N3O3. The highest BCUT2D eigenvalue weighted by Gasteiger charge is 2.25. The van der Waals surface area contributed by atoms with Crippen molar-refractivity contribution in [3.05, 3.63) is 106 Å². The maximum absolute atomic E-state index is 13.7. The van der Waals surface area contributed by atoms with Crippen LogP contribution in [0.3, 0.4) is 0 Å². The second-order valence-corrected chi connectivity index (χ2v) is 9.41. The molecule has 0 saturated heterocycles. The van der Waals surface area contributed by atoms with Gasteiger partial charge in [0.25, 0.3) is 5.91 Å². The van der Waals surface area contributed by atoms with Crippen molar-refractivity contribution >= 4 is 22.9 Å². The fraction of sp³-hybridized carbons (Fsp3) is 0.241. The molecule has 3 aromatic carbocycles. The Morgan fingerprint density at radius 3 is 2.30 bits per heavy atom. The summed E-state index contributed by atoms with van der Waals surface area (Å²) in [4.78, 5) is 26.1. The van der Waals surface area contributed by atoms with Gasteiger partial charge in [-0.05, 0) is 40.8 Å². The van der Waals surface area contributed by atoms with Crippen LogP contribution in [0.1, 0.15) is 52.5 Å². The minimum atomic E-state index is -1.03. The largest absolute Gasteiger partial charge is 0.465 e. The van der Waals surface area contributed by atoms with Crippen LogP contribution in [0.2, 0.25) is 0 Å². The summed E-state index contributed by atoms with van der Waals surface area (Å²) in [5.74, 6) is -2.23. The highest BCUT2D eigenvalue weighted by atomic mass is 19.2. The van der Waals surface area contributed by atoms with Crippen LogP contribution in [-0.4, -0.2) is 33.6 Å². The Balaban J connectivity index is 1.79. The fourth-order valence-corrected chi connectivity index (χ4v) is 4.55. The lowest BCUT2D eigenvalue weighted by Gasteiger charge is -2.16. The second-order valence-electron chi connectivity index (χ2n) is 9.41. The summed E-state index contributed by atoms with van der Waals surface area (Å²) in [5, 5.41) is 12.9. The first-order valence-corrected chi connectivity index (χ1v) is 12.0. The van der Waals surface area contributed by atoms with Crippen molar-refractivity contribution in [1.82, 2.24) is 14.8 Å². The minimum Gasteiger partial charge on any atom is -0.465 e. The summed E-state index contributed by atoms with van der Waals surface area (Å²) in [7, 11) is 1.51. The number of amides is 2. The van der Waals surface area contributed by atoms with Crippen LogP contribution in [0, 0.1) is 11.6 Å². The molecule has 4 aromatic rings. The van der Waals surface area contributed by atoms with Gasteiger partial charge in [-0.1, -0.05) is 62.4 Å². The topological polar surface area (TPSA) is 74.6 Å². The van der Waals surface area contributed by atoms with Crippen molar-refractivity contribution in [2.45, 2.75) is 39.4 Å². The third kappa shape index (κ3) is 5.63. The zero-order valence-electron chi connectivity index (χ0n) is 21.0. The SMILES string of the molecule is CC(C)c1c(C(=O)NCc2ccc(F)c(F)c2)c2ccc(CN(C)C(=O)O)cc2n1Cc1ccccc1. The molecule has 0 unspecified atom stereocenters. The highest BCUT2D eigenvalue weighted by molar-refractivity contribution is 6.08. The van der Waals surface area contributed by atoms with E-state index in [9.17, 15) is 23.5 Å². The maximum atomic E-state index is 13.7. The molecule has 0 saturated carbocycles. The number of fused-ring (bicyclic) bond motifs is 1. The van der Waals surface area contributed by atoms with Crippen LogP contribution in [-0.2, 0) is 19.6 Å². The van der Waals surface area contributed by atoms with Crippen LogP contribution >= 0.6 is 0 Å². The first-order valence-electron chi connectivity index (χ1n) is 12.0. The molecule has 0 radical (unpaired) electrons. The van der Waals surface area contributed by atoms with E-state index >= 15 is 0 Å². The first kappa shape index (κ1) is 25.9. The summed E-state index contributed by atoms with van der Waals surface area (Å²) < 4.78 is 29.1. The number of rotatable bonds is 8. The van der Waals surface area contributed by atoms with Gasteiger partial charge in [-0.25, -0.2) is 13.6 Å². The lowest BCUT2D eigenvalue weighted by atomic mass is 10.0. The van der Waals surface area contributed by atoms with Gasteiger partial charge in [-0.3, -0.25) is 4.79 Å². The Hall–Kier alpha value is -4.20. The third-order valence-corrected chi connectivity index (χ3v) is 6.31. The molecule has 6 nitrogen and oxygen atoms in total. The van der Waals surface area contributed by atoms with Crippen LogP contribution in [0.25, 0.3) is 10.9 Å². The summed E-state index contributed by atoms with van der Waals surface area (Å²) >= 11 is 0. The van der Waals surface area contributed by atoms with E-state index in [1.165, 1.54) is 18.0 Å². The second kappa shape index (κ2) is 10.8. The summed E-state index contributed by atoms with van der Waals surface area (Å²) in [6.45, 7) is 4.80. The lowest BCUT2D eigenvalue weighted by molar-refractivity contribution is 0.0950. The molecule has 2 amide bonds. The Morgan fingerprint density at radius 2 is 1.65 bits per heavy atom. The third-order valence-electron chi connectivity index (χ3n) is 6.31. The lowest BCUT2D eigenvalue weighted by Crippen LogP contribution is -2.24. The predicted molar refractivity (Wildman–Crippen MR) is 139 cm³/mol. The molecule has 2 N–H and O–H groups in total. The molecule has 0 bridgehead atoms. The Bertz CT molecular complexity index is 1450. The zero-order valence-corrected chi connectivity index (χ0v) is 21.0. The van der Waals surface area contributed by atoms with Crippen molar-refractivity contribution in [2.75, 3.05) is 7.05 Å². The molecule has 0 spiro atoms. The van der Waals surface area contributed by atoms with Crippen LogP contribution in [0.15, 0.2) is 66.7 Å². The highest BCUT2D eigenvalue weighted by Crippen LogP contribution is 2.33. The van der Waals surface area contributed by atoms with Gasteiger partial charge >= 0.3 is 6.09 Å². The van der Waals surface area contributed by atoms with Gasteiger partial charge in [0.1, 0.15) is 0 Å². The van der Waals surface area contributed by atoms with Crippen molar-refractivity contribution < 1.29 is 23.5 Å². The van der Waals surface area contributed by atoms with Crippen LogP contribution < -0.4 is 5.32 Å². The van der Waals surface area contributed by atoms with Gasteiger partial charge in [0.2, 0.25) is 0 Å². The van der Waals surface area contributed by atoms with Gasteiger partial charge in [-0.15, -0.1) is 0 Å². The Kier molecular flexibility index (Phi) is 7.57. The van der Waals surface area contributed by atoms with E-state index in [1.54, 1.807) is 0 Å². The molecule has 0 aliphatic rings. The molecular weight excluding hydrogens is 476 g/mol. The van der Waals surface area contributed by atoms with E-state index in [2.05, 4.69) is 9.88 Å². The van der Waals surface area contributed by atoms with E-state index in [0.717, 1.165) is 39.9 Å². The standard InChI is InChI=1S/C29H29F2N3O3/c1-18(2)27-26(28(35)32-15-20-10-12-23(30)24(31)13-20)22-11-9-21(16-33(3)29(36)37)14-25(22)34(27)17-19-7-5-4-6-8-19/h4-14,18H,15-17H2,1-3H3,(H,32,35)(H,36,37). The Labute approximate surface area is 214 Å². The van der Waals surface area contributed by atoms with E-state index in [4.69, 9.17) is 0 Å². The molecule has 37 heavy (non-hydrogen) atoms. The van der Waals surface area contributed by atoms with Gasteiger partial charge < -0.3 is 19.9 Å². The minimum absolute atomic E-state index is 0.00901. The molecule has 1 heterocycles. The number of carboxylic acid groups (broad SMARTS) is 1. The smallest absolute Gasteiger partial charge is 0.407 e. The zero-order chi connectivity index (χ0) is 26.7. The fourth-order valence-electron chi connectivity index (χ4n) is 4.55. The van der Waals surface area contributed by atoms with Gasteiger partial charge in [0, 0.05) is 43.3 Å². The number of nitrogens with zero attached hydrogens (tertiary/aromatic N) is 2. The van der Waals surface area contributed by atoms with E-state index < -0.39 is 17.7 Å². The van der Waals surface area contributed by atoms with Crippen molar-refractivity contribution in [3.8, 4) is 0 Å². The Morgan fingerprint density at radius 1 is 0.946 bits per heavy atom. The van der Waals surface area contributed by atoms with E-state index in [0.29, 0.717) is 17.7 Å². The summed E-state index contributed by atoms with van der Waals surface area (Å²) in [6.07, 6.45) is -1.03. The quantitative estimate of drug-likeness (QED) is 0.303. The van der Waals surface area contributed by atoms with Crippen LogP contribution in [0.5, 0.6) is 0 Å². The number of benzene rings is 3. The molecule has 0 fully saturated rings. The number of carbonyl (C=O) groups excluding carboxylic acids is 1. The van der Waals surface area contributed by atoms with Crippen molar-refractivity contribution in [1.29, 1.82) is 0 Å². The molecule has 8 heteroatoms. The predicted octanol–water partition coefficient (Wildman–Crippen LogP) is 6.13. The van der Waals surface area contributed by atoms with Gasteiger partial charge in [0.05, 0.1) is 5.56 Å². The van der Waals surface area contributed by atoms with E-state index in [-0.39, 0.29) is 24.9 Å². The molecule has 0 aliphatic heterocycles. The maximum Gasteiger partial charge on any atom is 0.407 e. The molecule has 4 rings (SSSR count). The van der Waals surface area contributed by atoms with Gasteiger partial charge in [0.15, 0.2) is 11.6 Å². The monoisotopic (exact) mass is 505 g/mol.